The van der Waals surface area contributed by atoms with Gasteiger partial charge in [-0.15, -0.1) is 0 Å². The molecule has 2 aromatic rings. The molecule has 1 saturated heterocycles. The summed E-state index contributed by atoms with van der Waals surface area (Å²) in [6, 6.07) is 10.3. The van der Waals surface area contributed by atoms with E-state index in [1.807, 2.05) is 23.1 Å². The largest absolute Gasteiger partial charge is 0.378 e. The highest BCUT2D eigenvalue weighted by Crippen LogP contribution is 2.38. The molecule has 1 fully saturated rings. The number of nitrogens with two attached hydrogens (primary N) is 1. The predicted octanol–water partition coefficient (Wildman–Crippen LogP) is 2.59. The second kappa shape index (κ2) is 7.67. The average Bonchev–Trinajstić information content (AvgIpc) is 2.63. The normalized spacial score (nSPS) is 15.3. The number of pyridine rings is 1. The van der Waals surface area contributed by atoms with Crippen molar-refractivity contribution in [2.24, 2.45) is 0 Å². The molecule has 8 heteroatoms. The van der Waals surface area contributed by atoms with Gasteiger partial charge in [0.05, 0.1) is 16.1 Å². The fourth-order valence-corrected chi connectivity index (χ4v) is 3.35. The van der Waals surface area contributed by atoms with E-state index in [9.17, 15) is 10.1 Å². The molecule has 0 bridgehead atoms. The summed E-state index contributed by atoms with van der Waals surface area (Å²) in [5.74, 6) is -0.101. The summed E-state index contributed by atoms with van der Waals surface area (Å²) in [6.45, 7) is 3.94. The van der Waals surface area contributed by atoms with Crippen LogP contribution in [-0.2, 0) is 6.42 Å². The maximum Gasteiger partial charge on any atom is 0.335 e. The molecule has 1 aromatic heterocycles. The van der Waals surface area contributed by atoms with Gasteiger partial charge in [0.15, 0.2) is 0 Å². The van der Waals surface area contributed by atoms with Crippen molar-refractivity contribution in [1.29, 1.82) is 0 Å². The number of halogens is 1. The summed E-state index contributed by atoms with van der Waals surface area (Å²) in [4.78, 5) is 18.9. The first-order chi connectivity index (χ1) is 12.1. The van der Waals surface area contributed by atoms with Crippen LogP contribution in [0.3, 0.4) is 0 Å². The van der Waals surface area contributed by atoms with Crippen LogP contribution < -0.4 is 10.6 Å². The molecule has 2 N–H and O–H groups in total. The predicted molar refractivity (Wildman–Crippen MR) is 99.1 cm³/mol. The zero-order chi connectivity index (χ0) is 17.8. The van der Waals surface area contributed by atoms with Crippen molar-refractivity contribution < 1.29 is 4.92 Å². The van der Waals surface area contributed by atoms with Gasteiger partial charge in [0.25, 0.3) is 0 Å². The van der Waals surface area contributed by atoms with Crippen molar-refractivity contribution in [2.75, 3.05) is 43.4 Å². The Labute approximate surface area is 151 Å². The van der Waals surface area contributed by atoms with Crippen LogP contribution in [0.5, 0.6) is 0 Å². The number of anilines is 2. The minimum Gasteiger partial charge on any atom is -0.378 e. The third-order valence-corrected chi connectivity index (χ3v) is 4.72. The van der Waals surface area contributed by atoms with Gasteiger partial charge in [-0.05, 0) is 12.0 Å². The van der Waals surface area contributed by atoms with Gasteiger partial charge in [-0.3, -0.25) is 15.0 Å². The first-order valence-corrected chi connectivity index (χ1v) is 8.53. The van der Waals surface area contributed by atoms with Gasteiger partial charge in [-0.2, -0.15) is 0 Å². The second-order valence-corrected chi connectivity index (χ2v) is 6.42. The summed E-state index contributed by atoms with van der Waals surface area (Å²) < 4.78 is 0. The number of nitro groups is 1. The Morgan fingerprint density at radius 3 is 2.52 bits per heavy atom. The third-order valence-electron chi connectivity index (χ3n) is 4.44. The lowest BCUT2D eigenvalue weighted by molar-refractivity contribution is -0.383. The van der Waals surface area contributed by atoms with E-state index in [2.05, 4.69) is 22.0 Å². The molecule has 3 rings (SSSR count). The summed E-state index contributed by atoms with van der Waals surface area (Å²) in [5.41, 5.74) is 7.17. The average molecular weight is 362 g/mol. The summed E-state index contributed by atoms with van der Waals surface area (Å²) in [7, 11) is 0. The number of hydrogen-bond donors (Lipinski definition) is 1. The van der Waals surface area contributed by atoms with Crippen LogP contribution in [0.25, 0.3) is 0 Å². The molecule has 7 nitrogen and oxygen atoms in total. The fraction of sp³-hybridized carbons (Fsp3) is 0.353. The molecule has 1 aliphatic rings. The Hall–Kier alpha value is -2.38. The lowest BCUT2D eigenvalue weighted by atomic mass is 10.1. The van der Waals surface area contributed by atoms with Gasteiger partial charge in [-0.25, -0.2) is 4.98 Å². The lowest BCUT2D eigenvalue weighted by Gasteiger charge is -2.36. The van der Waals surface area contributed by atoms with Crippen LogP contribution >= 0.6 is 11.6 Å². The van der Waals surface area contributed by atoms with Gasteiger partial charge in [-0.1, -0.05) is 41.9 Å². The Balaban J connectivity index is 1.65. The number of aromatic nitrogens is 1. The molecule has 1 aliphatic heterocycles. The highest BCUT2D eigenvalue weighted by Gasteiger charge is 2.29. The van der Waals surface area contributed by atoms with E-state index in [4.69, 9.17) is 17.3 Å². The third kappa shape index (κ3) is 4.00. The number of nitrogen functional groups attached to an aromatic ring is 1. The first-order valence-electron chi connectivity index (χ1n) is 8.16. The Kier molecular flexibility index (Phi) is 5.35. The van der Waals surface area contributed by atoms with Crippen molar-refractivity contribution in [2.45, 2.75) is 6.42 Å². The van der Waals surface area contributed by atoms with E-state index in [1.54, 1.807) is 0 Å². The quantitative estimate of drug-likeness (QED) is 0.650. The minimum atomic E-state index is -0.509. The molecule has 0 unspecified atom stereocenters. The smallest absolute Gasteiger partial charge is 0.335 e. The van der Waals surface area contributed by atoms with Crippen LogP contribution in [0.2, 0.25) is 5.02 Å². The van der Waals surface area contributed by atoms with Crippen molar-refractivity contribution >= 4 is 28.8 Å². The van der Waals surface area contributed by atoms with Crippen LogP contribution in [0.4, 0.5) is 17.2 Å². The SMILES string of the molecule is Nc1ncc(Cl)c(N2CCN(CCc3ccccc3)CC2)c1[N+](=O)[O-]. The molecule has 1 aromatic carbocycles. The van der Waals surface area contributed by atoms with E-state index in [-0.39, 0.29) is 16.5 Å². The Morgan fingerprint density at radius 2 is 1.88 bits per heavy atom. The van der Waals surface area contributed by atoms with Crippen molar-refractivity contribution in [1.82, 2.24) is 9.88 Å². The molecular weight excluding hydrogens is 342 g/mol. The molecule has 25 heavy (non-hydrogen) atoms. The fourth-order valence-electron chi connectivity index (χ4n) is 3.09. The van der Waals surface area contributed by atoms with E-state index in [0.717, 1.165) is 26.1 Å². The van der Waals surface area contributed by atoms with Gasteiger partial charge >= 0.3 is 5.69 Å². The molecule has 132 valence electrons. The van der Waals surface area contributed by atoms with E-state index >= 15 is 0 Å². The number of benzene rings is 1. The molecule has 0 spiro atoms. The molecular formula is C17H20ClN5O2. The Morgan fingerprint density at radius 1 is 1.20 bits per heavy atom. The van der Waals surface area contributed by atoms with Gasteiger partial charge in [0, 0.05) is 32.7 Å². The minimum absolute atomic E-state index is 0.101. The van der Waals surface area contributed by atoms with Crippen molar-refractivity contribution in [3.63, 3.8) is 0 Å². The molecule has 0 radical (unpaired) electrons. The molecule has 0 atom stereocenters. The maximum absolute atomic E-state index is 11.4. The summed E-state index contributed by atoms with van der Waals surface area (Å²) in [5, 5.41) is 11.6. The topological polar surface area (TPSA) is 88.5 Å². The number of piperazine rings is 1. The number of nitrogens with zero attached hydrogens (tertiary/aromatic N) is 4. The van der Waals surface area contributed by atoms with Crippen LogP contribution in [-0.4, -0.2) is 47.5 Å². The zero-order valence-corrected chi connectivity index (χ0v) is 14.5. The first kappa shape index (κ1) is 17.4. The molecule has 0 aliphatic carbocycles. The number of rotatable bonds is 5. The standard InChI is InChI=1S/C17H20ClN5O2/c18-14-12-20-17(19)16(23(24)25)15(14)22-10-8-21(9-11-22)7-6-13-4-2-1-3-5-13/h1-5,12H,6-11H2,(H2,19,20). The molecule has 0 amide bonds. The van der Waals surface area contributed by atoms with Gasteiger partial charge < -0.3 is 10.6 Å². The lowest BCUT2D eigenvalue weighted by Crippen LogP contribution is -2.47. The van der Waals surface area contributed by atoms with Gasteiger partial charge in [0.1, 0.15) is 5.69 Å². The van der Waals surface area contributed by atoms with Crippen LogP contribution in [0.15, 0.2) is 36.5 Å². The second-order valence-electron chi connectivity index (χ2n) is 6.01. The van der Waals surface area contributed by atoms with Crippen molar-refractivity contribution in [3.8, 4) is 0 Å². The summed E-state index contributed by atoms with van der Waals surface area (Å²) >= 11 is 6.18. The highest BCUT2D eigenvalue weighted by atomic mass is 35.5. The zero-order valence-electron chi connectivity index (χ0n) is 13.8. The van der Waals surface area contributed by atoms with Gasteiger partial charge in [0.2, 0.25) is 5.82 Å². The van der Waals surface area contributed by atoms with Crippen LogP contribution in [0, 0.1) is 10.1 Å². The molecule has 0 saturated carbocycles. The Bertz CT molecular complexity index is 748. The number of hydrogen-bond acceptors (Lipinski definition) is 6. The molecule has 2 heterocycles. The summed E-state index contributed by atoms with van der Waals surface area (Å²) in [6.07, 6.45) is 2.37. The highest BCUT2D eigenvalue weighted by molar-refractivity contribution is 6.33. The maximum atomic E-state index is 11.4. The van der Waals surface area contributed by atoms with E-state index < -0.39 is 4.92 Å². The van der Waals surface area contributed by atoms with E-state index in [0.29, 0.717) is 18.8 Å². The monoisotopic (exact) mass is 361 g/mol. The van der Waals surface area contributed by atoms with E-state index in [1.165, 1.54) is 11.8 Å². The van der Waals surface area contributed by atoms with Crippen LogP contribution in [0.1, 0.15) is 5.56 Å². The van der Waals surface area contributed by atoms with Crippen molar-refractivity contribution in [3.05, 3.63) is 57.2 Å².